The van der Waals surface area contributed by atoms with Gasteiger partial charge in [0.25, 0.3) is 0 Å². The van der Waals surface area contributed by atoms with Crippen LogP contribution in [0.15, 0.2) is 18.3 Å². The van der Waals surface area contributed by atoms with E-state index in [2.05, 4.69) is 11.9 Å². The molecule has 2 atom stereocenters. The lowest BCUT2D eigenvalue weighted by atomic mass is 10.0. The maximum atomic E-state index is 12.6. The van der Waals surface area contributed by atoms with Gasteiger partial charge in [0.1, 0.15) is 0 Å². The average molecular weight is 275 g/mol. The third-order valence-corrected chi connectivity index (χ3v) is 4.42. The molecule has 4 heteroatoms. The number of carbonyl (C=O) groups excluding carboxylic acids is 1. The van der Waals surface area contributed by atoms with Gasteiger partial charge < -0.3 is 10.6 Å². The summed E-state index contributed by atoms with van der Waals surface area (Å²) in [7, 11) is 0. The van der Waals surface area contributed by atoms with Crippen LogP contribution in [0.25, 0.3) is 0 Å². The van der Waals surface area contributed by atoms with Crippen LogP contribution in [-0.4, -0.2) is 34.9 Å². The van der Waals surface area contributed by atoms with Gasteiger partial charge in [0.05, 0.1) is 12.1 Å². The highest BCUT2D eigenvalue weighted by Crippen LogP contribution is 2.29. The molecule has 1 fully saturated rings. The van der Waals surface area contributed by atoms with E-state index in [0.717, 1.165) is 30.6 Å². The Bertz CT molecular complexity index is 461. The van der Waals surface area contributed by atoms with Gasteiger partial charge in [0, 0.05) is 18.8 Å². The van der Waals surface area contributed by atoms with Gasteiger partial charge in [-0.1, -0.05) is 12.5 Å². The number of hydrogen-bond donors (Lipinski definition) is 1. The van der Waals surface area contributed by atoms with Crippen molar-refractivity contribution in [1.29, 1.82) is 0 Å². The topological polar surface area (TPSA) is 59.2 Å². The van der Waals surface area contributed by atoms with Crippen molar-refractivity contribution in [3.8, 4) is 0 Å². The third-order valence-electron chi connectivity index (χ3n) is 4.42. The second kappa shape index (κ2) is 6.84. The van der Waals surface area contributed by atoms with Gasteiger partial charge >= 0.3 is 0 Å². The monoisotopic (exact) mass is 275 g/mol. The fraction of sp³-hybridized carbons (Fsp3) is 0.625. The molecule has 1 aliphatic rings. The second-order valence-electron chi connectivity index (χ2n) is 5.62. The van der Waals surface area contributed by atoms with Crippen LogP contribution in [0.5, 0.6) is 0 Å². The summed E-state index contributed by atoms with van der Waals surface area (Å²) >= 11 is 0. The smallest absolute Gasteiger partial charge is 0.228 e. The molecule has 20 heavy (non-hydrogen) atoms. The van der Waals surface area contributed by atoms with Crippen LogP contribution in [0.2, 0.25) is 0 Å². The highest BCUT2D eigenvalue weighted by atomic mass is 16.2. The first-order valence-electron chi connectivity index (χ1n) is 7.57. The molecule has 1 aromatic heterocycles. The fourth-order valence-electron chi connectivity index (χ4n) is 3.25. The van der Waals surface area contributed by atoms with E-state index in [4.69, 9.17) is 5.73 Å². The molecule has 2 N–H and O–H groups in total. The number of carbonyl (C=O) groups is 1. The molecule has 110 valence electrons. The number of pyridine rings is 1. The zero-order valence-corrected chi connectivity index (χ0v) is 12.5. The van der Waals surface area contributed by atoms with E-state index in [0.29, 0.717) is 24.9 Å². The lowest BCUT2D eigenvalue weighted by molar-refractivity contribution is -0.133. The number of aryl methyl sites for hydroxylation is 1. The quantitative estimate of drug-likeness (QED) is 0.893. The molecule has 0 aromatic carbocycles. The second-order valence-corrected chi connectivity index (χ2v) is 5.62. The molecule has 1 aromatic rings. The van der Waals surface area contributed by atoms with Gasteiger partial charge in [-0.2, -0.15) is 0 Å². The molecule has 1 aliphatic carbocycles. The van der Waals surface area contributed by atoms with E-state index in [1.54, 1.807) is 6.20 Å². The Hall–Kier alpha value is -1.42. The molecule has 4 nitrogen and oxygen atoms in total. The van der Waals surface area contributed by atoms with Crippen LogP contribution in [0.4, 0.5) is 0 Å². The minimum Gasteiger partial charge on any atom is -0.339 e. The lowest BCUT2D eigenvalue weighted by Crippen LogP contribution is -2.44. The molecule has 2 rings (SSSR count). The Morgan fingerprint density at radius 1 is 1.50 bits per heavy atom. The molecular formula is C16H25N3O. The standard InChI is InChI=1S/C16H25N3O/c1-3-19(15-8-4-7-13(15)11-17)16(20)10-14-12(2)6-5-9-18-14/h5-6,9,13,15H,3-4,7-8,10-11,17H2,1-2H3. The molecule has 1 heterocycles. The van der Waals surface area contributed by atoms with Crippen molar-refractivity contribution in [2.24, 2.45) is 11.7 Å². The zero-order chi connectivity index (χ0) is 14.5. The summed E-state index contributed by atoms with van der Waals surface area (Å²) in [5, 5.41) is 0. The average Bonchev–Trinajstić information content (AvgIpc) is 2.90. The Kier molecular flexibility index (Phi) is 5.12. The summed E-state index contributed by atoms with van der Waals surface area (Å²) in [4.78, 5) is 18.9. The summed E-state index contributed by atoms with van der Waals surface area (Å²) < 4.78 is 0. The number of aromatic nitrogens is 1. The van der Waals surface area contributed by atoms with E-state index in [1.807, 2.05) is 24.0 Å². The van der Waals surface area contributed by atoms with Gasteiger partial charge in [-0.25, -0.2) is 0 Å². The number of nitrogens with two attached hydrogens (primary N) is 1. The largest absolute Gasteiger partial charge is 0.339 e. The SMILES string of the molecule is CCN(C(=O)Cc1ncccc1C)C1CCCC1CN. The zero-order valence-electron chi connectivity index (χ0n) is 12.5. The maximum Gasteiger partial charge on any atom is 0.228 e. The van der Waals surface area contributed by atoms with Gasteiger partial charge in [-0.3, -0.25) is 9.78 Å². The van der Waals surface area contributed by atoms with Gasteiger partial charge in [0.15, 0.2) is 0 Å². The predicted octanol–water partition coefficient (Wildman–Crippen LogP) is 1.91. The number of likely N-dealkylation sites (N-methyl/N-ethyl adjacent to an activating group) is 1. The van der Waals surface area contributed by atoms with Gasteiger partial charge in [0.2, 0.25) is 5.91 Å². The van der Waals surface area contributed by atoms with Gasteiger partial charge in [-0.15, -0.1) is 0 Å². The molecule has 0 radical (unpaired) electrons. The van der Waals surface area contributed by atoms with Crippen molar-refractivity contribution < 1.29 is 4.79 Å². The summed E-state index contributed by atoms with van der Waals surface area (Å²) in [6.07, 6.45) is 5.56. The van der Waals surface area contributed by atoms with E-state index in [9.17, 15) is 4.79 Å². The minimum atomic E-state index is 0.180. The predicted molar refractivity (Wildman–Crippen MR) is 80.2 cm³/mol. The van der Waals surface area contributed by atoms with Crippen molar-refractivity contribution in [2.45, 2.75) is 45.6 Å². The first-order valence-corrected chi connectivity index (χ1v) is 7.57. The Morgan fingerprint density at radius 3 is 2.95 bits per heavy atom. The van der Waals surface area contributed by atoms with Crippen LogP contribution in [0, 0.1) is 12.8 Å². The number of amides is 1. The van der Waals surface area contributed by atoms with Crippen LogP contribution in [-0.2, 0) is 11.2 Å². The lowest BCUT2D eigenvalue weighted by Gasteiger charge is -2.32. The summed E-state index contributed by atoms with van der Waals surface area (Å²) in [6, 6.07) is 4.23. The fourth-order valence-corrected chi connectivity index (χ4v) is 3.25. The van der Waals surface area contributed by atoms with Crippen LogP contribution >= 0.6 is 0 Å². The third kappa shape index (κ3) is 3.18. The van der Waals surface area contributed by atoms with Crippen LogP contribution in [0.1, 0.15) is 37.4 Å². The summed E-state index contributed by atoms with van der Waals surface area (Å²) in [5.74, 6) is 0.642. The summed E-state index contributed by atoms with van der Waals surface area (Å²) in [6.45, 7) is 5.49. The van der Waals surface area contributed by atoms with Crippen LogP contribution in [0.3, 0.4) is 0 Å². The van der Waals surface area contributed by atoms with Crippen molar-refractivity contribution in [3.63, 3.8) is 0 Å². The molecule has 1 amide bonds. The number of hydrogen-bond acceptors (Lipinski definition) is 3. The Labute approximate surface area is 121 Å². The molecular weight excluding hydrogens is 250 g/mol. The highest BCUT2D eigenvalue weighted by Gasteiger charge is 2.33. The Balaban J connectivity index is 2.08. The molecule has 0 aliphatic heterocycles. The Morgan fingerprint density at radius 2 is 2.30 bits per heavy atom. The summed E-state index contributed by atoms with van der Waals surface area (Å²) in [5.41, 5.74) is 7.81. The maximum absolute atomic E-state index is 12.6. The normalized spacial score (nSPS) is 21.9. The number of nitrogens with zero attached hydrogens (tertiary/aromatic N) is 2. The van der Waals surface area contributed by atoms with E-state index < -0.39 is 0 Å². The van der Waals surface area contributed by atoms with Gasteiger partial charge in [-0.05, 0) is 50.8 Å². The van der Waals surface area contributed by atoms with Crippen molar-refractivity contribution in [1.82, 2.24) is 9.88 Å². The van der Waals surface area contributed by atoms with E-state index in [1.165, 1.54) is 6.42 Å². The van der Waals surface area contributed by atoms with E-state index >= 15 is 0 Å². The number of rotatable bonds is 5. The van der Waals surface area contributed by atoms with Crippen molar-refractivity contribution in [2.75, 3.05) is 13.1 Å². The van der Waals surface area contributed by atoms with Crippen LogP contribution < -0.4 is 5.73 Å². The molecule has 0 saturated heterocycles. The minimum absolute atomic E-state index is 0.180. The molecule has 0 bridgehead atoms. The molecule has 0 spiro atoms. The van der Waals surface area contributed by atoms with Crippen molar-refractivity contribution >= 4 is 5.91 Å². The molecule has 2 unspecified atom stereocenters. The molecule has 1 saturated carbocycles. The van der Waals surface area contributed by atoms with E-state index in [-0.39, 0.29) is 5.91 Å². The van der Waals surface area contributed by atoms with Crippen molar-refractivity contribution in [3.05, 3.63) is 29.6 Å². The first-order chi connectivity index (χ1) is 9.67. The highest BCUT2D eigenvalue weighted by molar-refractivity contribution is 5.79. The first kappa shape index (κ1) is 15.0.